The number of benzene rings is 2. The van der Waals surface area contributed by atoms with Gasteiger partial charge in [-0.25, -0.2) is 0 Å². The molecule has 7 rings (SSSR count). The van der Waals surface area contributed by atoms with Crippen LogP contribution in [0.5, 0.6) is 11.5 Å². The van der Waals surface area contributed by atoms with E-state index in [2.05, 4.69) is 44.0 Å². The number of H-pyrrole nitrogens is 1. The van der Waals surface area contributed by atoms with Gasteiger partial charge in [0.1, 0.15) is 6.04 Å². The van der Waals surface area contributed by atoms with Crippen molar-refractivity contribution in [3.05, 3.63) is 57.7 Å². The van der Waals surface area contributed by atoms with Crippen LogP contribution in [0.15, 0.2) is 40.9 Å². The van der Waals surface area contributed by atoms with Gasteiger partial charge in [0.05, 0.1) is 6.04 Å². The van der Waals surface area contributed by atoms with Crippen molar-refractivity contribution in [3.63, 3.8) is 0 Å². The fourth-order valence-electron chi connectivity index (χ4n) is 5.21. The summed E-state index contributed by atoms with van der Waals surface area (Å²) in [5.74, 6) is 1.61. The lowest BCUT2D eigenvalue weighted by molar-refractivity contribution is -0.128. The highest BCUT2D eigenvalue weighted by molar-refractivity contribution is 9.10. The van der Waals surface area contributed by atoms with Gasteiger partial charge in [-0.2, -0.15) is 0 Å². The Hall–Kier alpha value is -2.58. The molecule has 1 amide bonds. The van der Waals surface area contributed by atoms with E-state index >= 15 is 0 Å². The summed E-state index contributed by atoms with van der Waals surface area (Å²) < 4.78 is 12.2. The minimum absolute atomic E-state index is 0.133. The molecule has 1 N–H and O–H groups in total. The van der Waals surface area contributed by atoms with Gasteiger partial charge in [-0.3, -0.25) is 9.69 Å². The molecule has 31 heavy (non-hydrogen) atoms. The van der Waals surface area contributed by atoms with Gasteiger partial charge in [0, 0.05) is 33.5 Å². The molecule has 1 saturated heterocycles. The van der Waals surface area contributed by atoms with Crippen molar-refractivity contribution in [2.24, 2.45) is 0 Å². The van der Waals surface area contributed by atoms with Crippen LogP contribution in [0, 0.1) is 0 Å². The lowest BCUT2D eigenvalue weighted by Gasteiger charge is -2.37. The number of carbonyl (C=O) groups is 1. The molecule has 1 aromatic heterocycles. The average Bonchev–Trinajstić information content (AvgIpc) is 3.28. The van der Waals surface area contributed by atoms with Crippen molar-refractivity contribution < 1.29 is 14.3 Å². The number of hydrogen-bond donors (Lipinski definition) is 1. The predicted molar refractivity (Wildman–Crippen MR) is 122 cm³/mol. The van der Waals surface area contributed by atoms with E-state index in [0.29, 0.717) is 11.5 Å². The monoisotopic (exact) mass is 495 g/mol. The van der Waals surface area contributed by atoms with Gasteiger partial charge < -0.3 is 19.4 Å². The highest BCUT2D eigenvalue weighted by Crippen LogP contribution is 2.47. The second kappa shape index (κ2) is 6.23. The first-order valence-electron chi connectivity index (χ1n) is 10.4. The van der Waals surface area contributed by atoms with Gasteiger partial charge in [0.2, 0.25) is 6.79 Å². The van der Waals surface area contributed by atoms with Crippen molar-refractivity contribution in [1.82, 2.24) is 14.8 Å². The molecule has 3 aliphatic heterocycles. The van der Waals surface area contributed by atoms with Gasteiger partial charge >= 0.3 is 0 Å². The van der Waals surface area contributed by atoms with Gasteiger partial charge in [-0.05, 0) is 66.5 Å². The van der Waals surface area contributed by atoms with Gasteiger partial charge in [-0.1, -0.05) is 22.0 Å². The van der Waals surface area contributed by atoms with E-state index in [1.54, 1.807) is 0 Å². The van der Waals surface area contributed by atoms with E-state index < -0.39 is 0 Å². The third kappa shape index (κ3) is 2.49. The number of carbonyl (C=O) groups excluding carboxylic acids is 1. The molecular weight excluding hydrogens is 478 g/mol. The number of ether oxygens (including phenoxy) is 2. The zero-order valence-electron chi connectivity index (χ0n) is 16.4. The smallest absolute Gasteiger partial charge is 0.252 e. The molecule has 2 unspecified atom stereocenters. The molecule has 2 aromatic carbocycles. The number of amides is 1. The Labute approximate surface area is 192 Å². The molecule has 0 radical (unpaired) electrons. The fraction of sp³-hybridized carbons (Fsp3) is 0.304. The number of aromatic nitrogens is 1. The third-order valence-electron chi connectivity index (χ3n) is 6.76. The summed E-state index contributed by atoms with van der Waals surface area (Å²) in [6.07, 6.45) is 2.71. The molecule has 1 aliphatic carbocycles. The summed E-state index contributed by atoms with van der Waals surface area (Å²) in [6.45, 7) is 0.230. The van der Waals surface area contributed by atoms with Crippen LogP contribution in [0.3, 0.4) is 0 Å². The quantitative estimate of drug-likeness (QED) is 0.538. The van der Waals surface area contributed by atoms with E-state index in [1.165, 1.54) is 5.56 Å². The summed E-state index contributed by atoms with van der Waals surface area (Å²) in [6, 6.07) is 12.1. The first kappa shape index (κ1) is 18.0. The minimum atomic E-state index is -0.283. The first-order valence-corrected chi connectivity index (χ1v) is 11.6. The van der Waals surface area contributed by atoms with E-state index in [4.69, 9.17) is 21.7 Å². The number of thiocarbonyl (C=S) groups is 1. The van der Waals surface area contributed by atoms with Crippen LogP contribution in [0.4, 0.5) is 0 Å². The molecule has 0 spiro atoms. The maximum atomic E-state index is 13.5. The zero-order valence-corrected chi connectivity index (χ0v) is 18.8. The summed E-state index contributed by atoms with van der Waals surface area (Å²) in [5, 5.41) is 1.80. The van der Waals surface area contributed by atoms with Crippen LogP contribution >= 0.6 is 28.1 Å². The lowest BCUT2D eigenvalue weighted by atomic mass is 9.89. The normalized spacial score (nSPS) is 24.2. The SMILES string of the molecule is O=C1C2Cc3c([nH]c4ccc(Br)cc34)C(c3ccc4c(c3)OCO4)N2C(=S)N1C1CC1. The number of nitrogens with one attached hydrogen (secondary N) is 1. The molecule has 2 fully saturated rings. The largest absolute Gasteiger partial charge is 0.454 e. The van der Waals surface area contributed by atoms with Crippen molar-refractivity contribution >= 4 is 50.1 Å². The summed E-state index contributed by atoms with van der Waals surface area (Å²) in [7, 11) is 0. The number of nitrogens with zero attached hydrogens (tertiary/aromatic N) is 2. The van der Waals surface area contributed by atoms with Crippen LogP contribution in [0.2, 0.25) is 0 Å². The maximum Gasteiger partial charge on any atom is 0.252 e. The summed E-state index contributed by atoms with van der Waals surface area (Å²) >= 11 is 9.50. The highest BCUT2D eigenvalue weighted by atomic mass is 79.9. The first-order chi connectivity index (χ1) is 15.1. The van der Waals surface area contributed by atoms with Crippen LogP contribution in [0.1, 0.15) is 35.7 Å². The Balaban J connectivity index is 1.45. The second-order valence-corrected chi connectivity index (χ2v) is 9.85. The van der Waals surface area contributed by atoms with Gasteiger partial charge in [-0.15, -0.1) is 0 Å². The Bertz CT molecular complexity index is 1300. The molecule has 2 atom stereocenters. The van der Waals surface area contributed by atoms with Gasteiger partial charge in [0.15, 0.2) is 16.6 Å². The van der Waals surface area contributed by atoms with Crippen molar-refractivity contribution in [3.8, 4) is 11.5 Å². The maximum absolute atomic E-state index is 13.5. The standard InChI is InChI=1S/C23H18BrN3O3S/c24-12-2-5-16-14(8-12)15-9-17-22(28)26(13-3-4-13)23(31)27(17)21(20(15)25-16)11-1-6-18-19(7-11)30-10-29-18/h1-2,5-8,13,17,21,25H,3-4,9-10H2. The Kier molecular flexibility index (Phi) is 3.63. The summed E-state index contributed by atoms with van der Waals surface area (Å²) in [5.41, 5.74) is 4.39. The summed E-state index contributed by atoms with van der Waals surface area (Å²) in [4.78, 5) is 21.1. The number of fused-ring (bicyclic) bond motifs is 5. The Morgan fingerprint density at radius 2 is 1.94 bits per heavy atom. The molecule has 156 valence electrons. The Morgan fingerprint density at radius 3 is 2.77 bits per heavy atom. The Morgan fingerprint density at radius 1 is 1.10 bits per heavy atom. The molecule has 1 saturated carbocycles. The molecule has 3 aromatic rings. The van der Waals surface area contributed by atoms with E-state index in [1.807, 2.05) is 23.1 Å². The van der Waals surface area contributed by atoms with E-state index in [-0.39, 0.29) is 30.8 Å². The molecule has 4 aliphatic rings. The van der Waals surface area contributed by atoms with Crippen LogP contribution in [-0.2, 0) is 11.2 Å². The molecule has 4 heterocycles. The topological polar surface area (TPSA) is 57.8 Å². The fourth-order valence-corrected chi connectivity index (χ4v) is 6.05. The molecule has 0 bridgehead atoms. The predicted octanol–water partition coefficient (Wildman–Crippen LogP) is 4.26. The minimum Gasteiger partial charge on any atom is -0.454 e. The molecule has 8 heteroatoms. The van der Waals surface area contributed by atoms with E-state index in [0.717, 1.165) is 51.0 Å². The van der Waals surface area contributed by atoms with Crippen LogP contribution in [-0.4, -0.2) is 44.7 Å². The number of halogens is 1. The molecular formula is C23H18BrN3O3S. The lowest BCUT2D eigenvalue weighted by Crippen LogP contribution is -2.44. The highest BCUT2D eigenvalue weighted by Gasteiger charge is 2.53. The number of rotatable bonds is 2. The van der Waals surface area contributed by atoms with Crippen LogP contribution in [0.25, 0.3) is 10.9 Å². The third-order valence-corrected chi connectivity index (χ3v) is 7.66. The molecule has 6 nitrogen and oxygen atoms in total. The van der Waals surface area contributed by atoms with Crippen LogP contribution < -0.4 is 9.47 Å². The average molecular weight is 496 g/mol. The second-order valence-electron chi connectivity index (χ2n) is 8.57. The van der Waals surface area contributed by atoms with Gasteiger partial charge in [0.25, 0.3) is 5.91 Å². The van der Waals surface area contributed by atoms with E-state index in [9.17, 15) is 4.79 Å². The van der Waals surface area contributed by atoms with Crippen molar-refractivity contribution in [2.75, 3.05) is 6.79 Å². The zero-order chi connectivity index (χ0) is 20.9. The number of hydrogen-bond acceptors (Lipinski definition) is 4. The van der Waals surface area contributed by atoms with Crippen molar-refractivity contribution in [2.45, 2.75) is 37.4 Å². The number of aromatic amines is 1. The van der Waals surface area contributed by atoms with Crippen molar-refractivity contribution in [1.29, 1.82) is 0 Å².